The number of nitrogens with one attached hydrogen (secondary N) is 1. The molecule has 2 heterocycles. The number of hydrogen-bond acceptors (Lipinski definition) is 5. The summed E-state index contributed by atoms with van der Waals surface area (Å²) in [5.41, 5.74) is 1.56. The van der Waals surface area contributed by atoms with Crippen LogP contribution in [0.5, 0.6) is 0 Å². The molecule has 29 heavy (non-hydrogen) atoms. The summed E-state index contributed by atoms with van der Waals surface area (Å²) in [4.78, 5) is 17.1. The highest BCUT2D eigenvalue weighted by Gasteiger charge is 2.28. The zero-order chi connectivity index (χ0) is 20.6. The predicted molar refractivity (Wildman–Crippen MR) is 116 cm³/mol. The number of benzene rings is 1. The fraction of sp³-hybridized carbons (Fsp3) is 0.455. The molecule has 4 rings (SSSR count). The number of carbonyl (C=O) groups excluding carboxylic acids is 1. The maximum absolute atomic E-state index is 12.5. The molecule has 1 aliphatic rings. The van der Waals surface area contributed by atoms with Crippen molar-refractivity contribution in [2.24, 2.45) is 0 Å². The van der Waals surface area contributed by atoms with Crippen molar-refractivity contribution in [1.29, 1.82) is 0 Å². The number of rotatable bonds is 4. The summed E-state index contributed by atoms with van der Waals surface area (Å²) >= 11 is 7.65. The number of halogens is 1. The maximum atomic E-state index is 12.5. The largest absolute Gasteiger partial charge is 0.445 e. The fourth-order valence-corrected chi connectivity index (χ4v) is 4.67. The van der Waals surface area contributed by atoms with E-state index in [2.05, 4.69) is 31.1 Å². The molecule has 3 aromatic rings. The van der Waals surface area contributed by atoms with E-state index in [9.17, 15) is 4.79 Å². The summed E-state index contributed by atoms with van der Waals surface area (Å²) < 4.78 is 11.7. The van der Waals surface area contributed by atoms with Crippen LogP contribution in [0, 0.1) is 0 Å². The Kier molecular flexibility index (Phi) is 5.67. The predicted octanol–water partition coefficient (Wildman–Crippen LogP) is 6.42. The van der Waals surface area contributed by atoms with Gasteiger partial charge in [-0.2, -0.15) is 0 Å². The molecule has 1 N–H and O–H groups in total. The first-order chi connectivity index (χ1) is 13.8. The smallest absolute Gasteiger partial charge is 0.287 e. The Morgan fingerprint density at radius 3 is 2.62 bits per heavy atom. The molecule has 1 saturated carbocycles. The Morgan fingerprint density at radius 1 is 1.14 bits per heavy atom. The SMILES string of the molecule is CC(C)(C)Sc1ccc(C(=O)NC2CCC(c3nc4cc(Cl)ccc4o3)CC2)o1. The van der Waals surface area contributed by atoms with Crippen LogP contribution in [-0.4, -0.2) is 21.7 Å². The molecular formula is C22H25ClN2O3S. The van der Waals surface area contributed by atoms with E-state index in [4.69, 9.17) is 20.4 Å². The fourth-order valence-electron chi connectivity index (χ4n) is 3.63. The molecule has 2 aromatic heterocycles. The number of amides is 1. The highest BCUT2D eigenvalue weighted by atomic mass is 35.5. The van der Waals surface area contributed by atoms with Gasteiger partial charge in [0.1, 0.15) is 5.52 Å². The molecule has 5 nitrogen and oxygen atoms in total. The molecule has 1 aromatic carbocycles. The van der Waals surface area contributed by atoms with Crippen LogP contribution in [0.3, 0.4) is 0 Å². The Hall–Kier alpha value is -1.92. The number of fused-ring (bicyclic) bond motifs is 1. The van der Waals surface area contributed by atoms with Crippen LogP contribution in [0.1, 0.15) is 68.8 Å². The van der Waals surface area contributed by atoms with Gasteiger partial charge in [0.05, 0.1) is 0 Å². The number of aromatic nitrogens is 1. The second-order valence-electron chi connectivity index (χ2n) is 8.52. The Bertz CT molecular complexity index is 1010. The van der Waals surface area contributed by atoms with Crippen LogP contribution in [-0.2, 0) is 0 Å². The van der Waals surface area contributed by atoms with Gasteiger partial charge in [-0.15, -0.1) is 0 Å². The molecule has 0 unspecified atom stereocenters. The standard InChI is InChI=1S/C22H25ClN2O3S/c1-22(2,3)29-19-11-10-18(27-19)20(26)24-15-7-4-13(5-8-15)21-25-16-12-14(23)6-9-17(16)28-21/h6,9-13,15H,4-5,7-8H2,1-3H3,(H,24,26). The van der Waals surface area contributed by atoms with Gasteiger partial charge < -0.3 is 14.2 Å². The van der Waals surface area contributed by atoms with Crippen LogP contribution in [0.4, 0.5) is 0 Å². The van der Waals surface area contributed by atoms with Crippen LogP contribution in [0.25, 0.3) is 11.1 Å². The third-order valence-corrected chi connectivity index (χ3v) is 6.26. The van der Waals surface area contributed by atoms with Crippen molar-refractivity contribution in [1.82, 2.24) is 10.3 Å². The first-order valence-electron chi connectivity index (χ1n) is 9.92. The molecule has 154 valence electrons. The van der Waals surface area contributed by atoms with Gasteiger partial charge in [0.25, 0.3) is 5.91 Å². The van der Waals surface area contributed by atoms with E-state index in [0.29, 0.717) is 10.8 Å². The lowest BCUT2D eigenvalue weighted by molar-refractivity contribution is 0.0891. The van der Waals surface area contributed by atoms with Crippen LogP contribution >= 0.6 is 23.4 Å². The zero-order valence-corrected chi connectivity index (χ0v) is 18.4. The Labute approximate surface area is 179 Å². The normalized spacial score (nSPS) is 20.1. The van der Waals surface area contributed by atoms with Crippen molar-refractivity contribution in [3.05, 3.63) is 47.0 Å². The highest BCUT2D eigenvalue weighted by Crippen LogP contribution is 2.35. The summed E-state index contributed by atoms with van der Waals surface area (Å²) in [7, 11) is 0. The summed E-state index contributed by atoms with van der Waals surface area (Å²) in [6.07, 6.45) is 3.63. The van der Waals surface area contributed by atoms with Gasteiger partial charge in [-0.1, -0.05) is 44.1 Å². The van der Waals surface area contributed by atoms with Crippen LogP contribution < -0.4 is 5.32 Å². The molecule has 0 radical (unpaired) electrons. The number of carbonyl (C=O) groups is 1. The van der Waals surface area contributed by atoms with E-state index >= 15 is 0 Å². The number of furan rings is 1. The van der Waals surface area contributed by atoms with E-state index in [-0.39, 0.29) is 22.6 Å². The molecule has 0 atom stereocenters. The van der Waals surface area contributed by atoms with Crippen molar-refractivity contribution in [2.45, 2.75) is 68.3 Å². The Balaban J connectivity index is 1.33. The minimum atomic E-state index is -0.147. The van der Waals surface area contributed by atoms with Crippen molar-refractivity contribution in [2.75, 3.05) is 0 Å². The summed E-state index contributed by atoms with van der Waals surface area (Å²) in [6, 6.07) is 9.24. The van der Waals surface area contributed by atoms with Gasteiger partial charge in [-0.3, -0.25) is 4.79 Å². The second-order valence-corrected chi connectivity index (χ2v) is 10.8. The summed E-state index contributed by atoms with van der Waals surface area (Å²) in [6.45, 7) is 6.34. The molecule has 0 bridgehead atoms. The van der Waals surface area contributed by atoms with Crippen molar-refractivity contribution < 1.29 is 13.6 Å². The molecule has 7 heteroatoms. The molecular weight excluding hydrogens is 408 g/mol. The maximum Gasteiger partial charge on any atom is 0.287 e. The molecule has 0 spiro atoms. The van der Waals surface area contributed by atoms with Gasteiger partial charge in [0.2, 0.25) is 0 Å². The van der Waals surface area contributed by atoms with Gasteiger partial charge >= 0.3 is 0 Å². The van der Waals surface area contributed by atoms with E-state index in [1.54, 1.807) is 17.8 Å². The molecule has 1 amide bonds. The summed E-state index contributed by atoms with van der Waals surface area (Å²) in [5, 5.41) is 4.53. The third kappa shape index (κ3) is 4.98. The third-order valence-electron chi connectivity index (χ3n) is 4.99. The van der Waals surface area contributed by atoms with E-state index in [1.807, 2.05) is 24.3 Å². The summed E-state index contributed by atoms with van der Waals surface area (Å²) in [5.74, 6) is 1.26. The molecule has 1 aliphatic carbocycles. The van der Waals surface area contributed by atoms with E-state index in [0.717, 1.165) is 47.8 Å². The number of hydrogen-bond donors (Lipinski definition) is 1. The lowest BCUT2D eigenvalue weighted by atomic mass is 9.86. The van der Waals surface area contributed by atoms with Gasteiger partial charge in [-0.25, -0.2) is 4.98 Å². The zero-order valence-electron chi connectivity index (χ0n) is 16.8. The van der Waals surface area contributed by atoms with Gasteiger partial charge in [0, 0.05) is 21.7 Å². The molecule has 0 aliphatic heterocycles. The molecule has 1 fully saturated rings. The topological polar surface area (TPSA) is 68.3 Å². The number of thioether (sulfide) groups is 1. The monoisotopic (exact) mass is 432 g/mol. The second kappa shape index (κ2) is 8.07. The Morgan fingerprint density at radius 2 is 1.90 bits per heavy atom. The lowest BCUT2D eigenvalue weighted by Crippen LogP contribution is -2.37. The number of oxazole rings is 1. The van der Waals surface area contributed by atoms with Gasteiger partial charge in [0.15, 0.2) is 22.3 Å². The first-order valence-corrected chi connectivity index (χ1v) is 11.1. The average Bonchev–Trinajstić information content (AvgIpc) is 3.27. The first kappa shape index (κ1) is 20.4. The van der Waals surface area contributed by atoms with Crippen LogP contribution in [0.15, 0.2) is 44.3 Å². The van der Waals surface area contributed by atoms with E-state index < -0.39 is 0 Å². The lowest BCUT2D eigenvalue weighted by Gasteiger charge is -2.27. The van der Waals surface area contributed by atoms with Gasteiger partial charge in [-0.05, 0) is 56.0 Å². The van der Waals surface area contributed by atoms with E-state index in [1.165, 1.54) is 0 Å². The van der Waals surface area contributed by atoms with Crippen molar-refractivity contribution in [3.8, 4) is 0 Å². The highest BCUT2D eigenvalue weighted by molar-refractivity contribution is 8.00. The minimum Gasteiger partial charge on any atom is -0.445 e. The van der Waals surface area contributed by atoms with Crippen molar-refractivity contribution in [3.63, 3.8) is 0 Å². The van der Waals surface area contributed by atoms with Crippen LogP contribution in [0.2, 0.25) is 5.02 Å². The minimum absolute atomic E-state index is 0.0417. The van der Waals surface area contributed by atoms with Crippen molar-refractivity contribution >= 4 is 40.4 Å². The molecule has 0 saturated heterocycles. The average molecular weight is 433 g/mol. The quantitative estimate of drug-likeness (QED) is 0.481. The number of nitrogens with zero attached hydrogens (tertiary/aromatic N) is 1.